The number of carbonyl (C=O) groups is 2. The number of nitrogens with zero attached hydrogens (tertiary/aromatic N) is 2. The van der Waals surface area contributed by atoms with Gasteiger partial charge in [0.15, 0.2) is 0 Å². The minimum Gasteiger partial charge on any atom is -0.493 e. The predicted octanol–water partition coefficient (Wildman–Crippen LogP) is 3.03. The molecule has 0 aromatic heterocycles. The van der Waals surface area contributed by atoms with E-state index in [0.29, 0.717) is 55.3 Å². The first-order chi connectivity index (χ1) is 12.6. The molecule has 26 heavy (non-hydrogen) atoms. The Morgan fingerprint density at radius 3 is 2.42 bits per heavy atom. The van der Waals surface area contributed by atoms with Crippen LogP contribution in [0.2, 0.25) is 0 Å². The van der Waals surface area contributed by atoms with Crippen LogP contribution in [0.5, 0.6) is 5.75 Å². The van der Waals surface area contributed by atoms with E-state index in [9.17, 15) is 9.59 Å². The second-order valence-corrected chi connectivity index (χ2v) is 7.04. The van der Waals surface area contributed by atoms with Crippen LogP contribution in [0.1, 0.15) is 52.8 Å². The Labute approximate surface area is 153 Å². The first-order valence-electron chi connectivity index (χ1n) is 9.16. The fraction of sp³-hybridized carbons (Fsp3) is 0.550. The van der Waals surface area contributed by atoms with Crippen molar-refractivity contribution in [2.75, 3.05) is 26.8 Å². The van der Waals surface area contributed by atoms with Crippen molar-refractivity contribution < 1.29 is 19.1 Å². The standard InChI is InChI=1S/C20H24N2O4/c1-25-20(24)17-9-16(10-18(11-17)26-13-15-3-2-4-15)19(23)22-7-5-14(12-21)6-8-22/h9-11,14-15H,2-8,13H2,1H3. The minimum absolute atomic E-state index is 0.0156. The summed E-state index contributed by atoms with van der Waals surface area (Å²) in [6.07, 6.45) is 4.93. The summed E-state index contributed by atoms with van der Waals surface area (Å²) >= 11 is 0. The molecule has 1 aromatic carbocycles. The number of piperidine rings is 1. The van der Waals surface area contributed by atoms with Crippen molar-refractivity contribution in [3.05, 3.63) is 29.3 Å². The topological polar surface area (TPSA) is 79.6 Å². The first-order valence-corrected chi connectivity index (χ1v) is 9.16. The summed E-state index contributed by atoms with van der Waals surface area (Å²) in [6.45, 7) is 1.71. The molecule has 1 saturated carbocycles. The lowest BCUT2D eigenvalue weighted by atomic mass is 9.86. The molecule has 0 unspecified atom stereocenters. The number of amides is 1. The number of nitriles is 1. The molecular weight excluding hydrogens is 332 g/mol. The number of methoxy groups -OCH3 is 1. The summed E-state index contributed by atoms with van der Waals surface area (Å²) in [5.74, 6) is 0.467. The van der Waals surface area contributed by atoms with Crippen LogP contribution in [0.15, 0.2) is 18.2 Å². The highest BCUT2D eigenvalue weighted by atomic mass is 16.5. The molecule has 0 spiro atoms. The largest absolute Gasteiger partial charge is 0.493 e. The van der Waals surface area contributed by atoms with Gasteiger partial charge >= 0.3 is 5.97 Å². The van der Waals surface area contributed by atoms with E-state index in [1.54, 1.807) is 23.1 Å². The number of ether oxygens (including phenoxy) is 2. The Bertz CT molecular complexity index is 713. The normalized spacial score (nSPS) is 17.9. The summed E-state index contributed by atoms with van der Waals surface area (Å²) < 4.78 is 10.6. The highest BCUT2D eigenvalue weighted by molar-refractivity contribution is 5.98. The molecule has 0 atom stereocenters. The van der Waals surface area contributed by atoms with Gasteiger partial charge in [0.25, 0.3) is 5.91 Å². The van der Waals surface area contributed by atoms with Gasteiger partial charge in [0.1, 0.15) is 5.75 Å². The monoisotopic (exact) mass is 356 g/mol. The van der Waals surface area contributed by atoms with E-state index >= 15 is 0 Å². The zero-order valence-corrected chi connectivity index (χ0v) is 15.1. The third kappa shape index (κ3) is 4.16. The van der Waals surface area contributed by atoms with Gasteiger partial charge in [-0.3, -0.25) is 4.79 Å². The van der Waals surface area contributed by atoms with Crippen LogP contribution in [-0.2, 0) is 4.74 Å². The molecule has 2 fully saturated rings. The van der Waals surface area contributed by atoms with E-state index in [-0.39, 0.29) is 11.8 Å². The Hall–Kier alpha value is -2.55. The predicted molar refractivity (Wildman–Crippen MR) is 94.9 cm³/mol. The van der Waals surface area contributed by atoms with Gasteiger partial charge in [-0.25, -0.2) is 4.79 Å². The fourth-order valence-corrected chi connectivity index (χ4v) is 3.31. The van der Waals surface area contributed by atoms with Crippen LogP contribution < -0.4 is 4.74 Å². The van der Waals surface area contributed by atoms with Gasteiger partial charge in [-0.05, 0) is 49.8 Å². The molecule has 3 rings (SSSR count). The highest BCUT2D eigenvalue weighted by Gasteiger charge is 2.25. The summed E-state index contributed by atoms with van der Waals surface area (Å²) in [4.78, 5) is 26.6. The molecule has 1 aliphatic heterocycles. The second-order valence-electron chi connectivity index (χ2n) is 7.04. The van der Waals surface area contributed by atoms with Crippen LogP contribution in [0.25, 0.3) is 0 Å². The van der Waals surface area contributed by atoms with Crippen molar-refractivity contribution in [3.8, 4) is 11.8 Å². The van der Waals surface area contributed by atoms with Crippen LogP contribution in [-0.4, -0.2) is 43.6 Å². The quantitative estimate of drug-likeness (QED) is 0.758. The van der Waals surface area contributed by atoms with Gasteiger partial charge in [-0.1, -0.05) is 6.42 Å². The molecule has 2 aliphatic rings. The van der Waals surface area contributed by atoms with Gasteiger partial charge in [0.2, 0.25) is 0 Å². The lowest BCUT2D eigenvalue weighted by molar-refractivity contribution is 0.0600. The molecule has 0 bridgehead atoms. The van der Waals surface area contributed by atoms with E-state index in [1.165, 1.54) is 13.5 Å². The molecular formula is C20H24N2O4. The minimum atomic E-state index is -0.490. The number of carbonyl (C=O) groups excluding carboxylic acids is 2. The van der Waals surface area contributed by atoms with Crippen LogP contribution in [0.4, 0.5) is 0 Å². The van der Waals surface area contributed by atoms with Gasteiger partial charge in [-0.2, -0.15) is 5.26 Å². The number of hydrogen-bond donors (Lipinski definition) is 0. The molecule has 1 heterocycles. The van der Waals surface area contributed by atoms with Gasteiger partial charge in [-0.15, -0.1) is 0 Å². The van der Waals surface area contributed by atoms with Gasteiger partial charge in [0, 0.05) is 24.6 Å². The SMILES string of the molecule is COC(=O)c1cc(OCC2CCC2)cc(C(=O)N2CCC(C#N)CC2)c1. The van der Waals surface area contributed by atoms with Crippen molar-refractivity contribution in [2.45, 2.75) is 32.1 Å². The van der Waals surface area contributed by atoms with Crippen molar-refractivity contribution >= 4 is 11.9 Å². The maximum absolute atomic E-state index is 12.9. The highest BCUT2D eigenvalue weighted by Crippen LogP contribution is 2.28. The number of benzene rings is 1. The second kappa shape index (κ2) is 8.22. The first kappa shape index (κ1) is 18.2. The van der Waals surface area contributed by atoms with E-state index in [4.69, 9.17) is 14.7 Å². The molecule has 1 aliphatic carbocycles. The van der Waals surface area contributed by atoms with E-state index < -0.39 is 5.97 Å². The molecule has 1 aromatic rings. The number of esters is 1. The van der Waals surface area contributed by atoms with Crippen molar-refractivity contribution in [3.63, 3.8) is 0 Å². The Kier molecular flexibility index (Phi) is 5.77. The Balaban J connectivity index is 1.76. The zero-order chi connectivity index (χ0) is 18.5. The number of rotatable bonds is 5. The Morgan fingerprint density at radius 1 is 1.15 bits per heavy atom. The van der Waals surface area contributed by atoms with E-state index in [1.807, 2.05) is 0 Å². The summed E-state index contributed by atoms with van der Waals surface area (Å²) in [6, 6.07) is 7.15. The maximum atomic E-state index is 12.9. The van der Waals surface area contributed by atoms with Crippen molar-refractivity contribution in [2.24, 2.45) is 11.8 Å². The fourth-order valence-electron chi connectivity index (χ4n) is 3.31. The maximum Gasteiger partial charge on any atom is 0.338 e. The number of likely N-dealkylation sites (tertiary alicyclic amines) is 1. The molecule has 1 saturated heterocycles. The molecule has 0 radical (unpaired) electrons. The molecule has 6 heteroatoms. The summed E-state index contributed by atoms with van der Waals surface area (Å²) in [7, 11) is 1.32. The van der Waals surface area contributed by atoms with Crippen molar-refractivity contribution in [1.82, 2.24) is 4.90 Å². The van der Waals surface area contributed by atoms with Crippen molar-refractivity contribution in [1.29, 1.82) is 5.26 Å². The van der Waals surface area contributed by atoms with Gasteiger partial charge < -0.3 is 14.4 Å². The molecule has 0 N–H and O–H groups in total. The van der Waals surface area contributed by atoms with E-state index in [0.717, 1.165) is 12.8 Å². The third-order valence-electron chi connectivity index (χ3n) is 5.25. The molecule has 6 nitrogen and oxygen atoms in total. The molecule has 1 amide bonds. The average Bonchev–Trinajstić information content (AvgIpc) is 2.65. The Morgan fingerprint density at radius 2 is 1.85 bits per heavy atom. The van der Waals surface area contributed by atoms with Gasteiger partial charge in [0.05, 0.1) is 25.3 Å². The smallest absolute Gasteiger partial charge is 0.338 e. The lowest BCUT2D eigenvalue weighted by Gasteiger charge is -2.29. The lowest BCUT2D eigenvalue weighted by Crippen LogP contribution is -2.38. The summed E-state index contributed by atoms with van der Waals surface area (Å²) in [5, 5.41) is 9.00. The zero-order valence-electron chi connectivity index (χ0n) is 15.1. The third-order valence-corrected chi connectivity index (χ3v) is 5.25. The molecule has 138 valence electrons. The average molecular weight is 356 g/mol. The summed E-state index contributed by atoms with van der Waals surface area (Å²) in [5.41, 5.74) is 0.737. The van der Waals surface area contributed by atoms with E-state index in [2.05, 4.69) is 6.07 Å². The van der Waals surface area contributed by atoms with Crippen LogP contribution in [0, 0.1) is 23.2 Å². The van der Waals surface area contributed by atoms with Crippen LogP contribution in [0.3, 0.4) is 0 Å². The number of hydrogen-bond acceptors (Lipinski definition) is 5. The van der Waals surface area contributed by atoms with Crippen LogP contribution >= 0.6 is 0 Å².